The van der Waals surface area contributed by atoms with Gasteiger partial charge in [0.1, 0.15) is 0 Å². The molecule has 0 radical (unpaired) electrons. The summed E-state index contributed by atoms with van der Waals surface area (Å²) in [4.78, 5) is 0. The van der Waals surface area contributed by atoms with E-state index in [0.717, 1.165) is 12.8 Å². The van der Waals surface area contributed by atoms with Gasteiger partial charge in [-0.1, -0.05) is 73.0 Å². The number of rotatable bonds is 1. The van der Waals surface area contributed by atoms with Gasteiger partial charge in [0.15, 0.2) is 0 Å². The molecule has 0 bridgehead atoms. The van der Waals surface area contributed by atoms with E-state index >= 15 is 0 Å². The van der Waals surface area contributed by atoms with Crippen molar-refractivity contribution < 1.29 is 10.2 Å². The summed E-state index contributed by atoms with van der Waals surface area (Å²) >= 11 is 0. The zero-order chi connectivity index (χ0) is 23.5. The molecule has 0 aromatic heterocycles. The maximum atomic E-state index is 12.0. The Morgan fingerprint density at radius 1 is 0.781 bits per heavy atom. The van der Waals surface area contributed by atoms with E-state index in [1.165, 1.54) is 44.9 Å². The molecule has 0 saturated heterocycles. The maximum Gasteiger partial charge on any atom is 0.0585 e. The summed E-state index contributed by atoms with van der Waals surface area (Å²) in [6, 6.07) is 0. The molecule has 0 amide bonds. The van der Waals surface area contributed by atoms with Crippen LogP contribution in [0, 0.1) is 50.7 Å². The lowest BCUT2D eigenvalue weighted by Crippen LogP contribution is -2.70. The van der Waals surface area contributed by atoms with Crippen molar-refractivity contribution in [2.75, 3.05) is 0 Å². The molecule has 0 aromatic rings. The molecular formula is C30H50O2. The molecule has 5 aliphatic rings. The molecule has 4 fully saturated rings. The third-order valence-corrected chi connectivity index (χ3v) is 12.8. The van der Waals surface area contributed by atoms with Crippen LogP contribution in [0.3, 0.4) is 0 Å². The second-order valence-corrected chi connectivity index (χ2v) is 14.8. The lowest BCUT2D eigenvalue weighted by Gasteiger charge is -2.74. The molecule has 0 heterocycles. The molecule has 5 aliphatic carbocycles. The first-order valence-corrected chi connectivity index (χ1v) is 13.8. The highest BCUT2D eigenvalue weighted by Gasteiger charge is 2.72. The summed E-state index contributed by atoms with van der Waals surface area (Å²) in [5, 5.41) is 23.8. The third kappa shape index (κ3) is 2.66. The van der Waals surface area contributed by atoms with Crippen molar-refractivity contribution in [1.29, 1.82) is 0 Å². The maximum absolute atomic E-state index is 12.0. The van der Waals surface area contributed by atoms with Gasteiger partial charge in [-0.3, -0.25) is 0 Å². The number of allylic oxidation sites excluding steroid dienone is 2. The lowest BCUT2D eigenvalue weighted by atomic mass is 9.31. The summed E-state index contributed by atoms with van der Waals surface area (Å²) in [5.41, 5.74) is 4.01. The number of hydrogen-bond acceptors (Lipinski definition) is 2. The van der Waals surface area contributed by atoms with Crippen LogP contribution in [0.2, 0.25) is 0 Å². The topological polar surface area (TPSA) is 40.5 Å². The zero-order valence-electron chi connectivity index (χ0n) is 22.2. The van der Waals surface area contributed by atoms with Crippen molar-refractivity contribution in [3.8, 4) is 0 Å². The van der Waals surface area contributed by atoms with Crippen molar-refractivity contribution in [2.45, 2.75) is 125 Å². The first-order chi connectivity index (χ1) is 14.7. The van der Waals surface area contributed by atoms with Gasteiger partial charge in [0, 0.05) is 0 Å². The van der Waals surface area contributed by atoms with E-state index in [1.807, 2.05) is 0 Å². The van der Waals surface area contributed by atoms with E-state index in [1.54, 1.807) is 11.1 Å². The van der Waals surface area contributed by atoms with Crippen LogP contribution in [0.25, 0.3) is 0 Å². The monoisotopic (exact) mass is 442 g/mol. The van der Waals surface area contributed by atoms with Crippen LogP contribution in [0.15, 0.2) is 11.1 Å². The molecule has 0 aliphatic heterocycles. The Morgan fingerprint density at radius 3 is 2.12 bits per heavy atom. The van der Waals surface area contributed by atoms with Gasteiger partial charge in [-0.05, 0) is 102 Å². The summed E-state index contributed by atoms with van der Waals surface area (Å²) in [5.74, 6) is 1.79. The van der Waals surface area contributed by atoms with E-state index < -0.39 is 0 Å². The van der Waals surface area contributed by atoms with Crippen LogP contribution in [-0.2, 0) is 0 Å². The van der Waals surface area contributed by atoms with Crippen molar-refractivity contribution >= 4 is 0 Å². The average Bonchev–Trinajstić information content (AvgIpc) is 3.00. The van der Waals surface area contributed by atoms with Crippen LogP contribution >= 0.6 is 0 Å². The fourth-order valence-corrected chi connectivity index (χ4v) is 11.7. The predicted octanol–water partition coefficient (Wildman–Crippen LogP) is 7.14. The quantitative estimate of drug-likeness (QED) is 0.424. The molecule has 9 atom stereocenters. The van der Waals surface area contributed by atoms with E-state index in [-0.39, 0.29) is 39.3 Å². The first-order valence-electron chi connectivity index (χ1n) is 13.8. The van der Waals surface area contributed by atoms with Crippen LogP contribution in [0.1, 0.15) is 113 Å². The van der Waals surface area contributed by atoms with E-state index in [4.69, 9.17) is 0 Å². The largest absolute Gasteiger partial charge is 0.393 e. The summed E-state index contributed by atoms with van der Waals surface area (Å²) in [6.07, 6.45) is 9.94. The number of hydrogen-bond donors (Lipinski definition) is 2. The summed E-state index contributed by atoms with van der Waals surface area (Å²) in [6.45, 7) is 19.6. The molecule has 182 valence electrons. The highest BCUT2D eigenvalue weighted by Crippen LogP contribution is 2.77. The molecule has 2 heteroatoms. The van der Waals surface area contributed by atoms with Crippen LogP contribution < -0.4 is 0 Å². The van der Waals surface area contributed by atoms with Gasteiger partial charge >= 0.3 is 0 Å². The van der Waals surface area contributed by atoms with Gasteiger partial charge in [0.2, 0.25) is 0 Å². The molecule has 0 unspecified atom stereocenters. The Kier molecular flexibility index (Phi) is 5.02. The first kappa shape index (κ1) is 23.4. The minimum atomic E-state index is -0.220. The second-order valence-electron chi connectivity index (χ2n) is 14.8. The van der Waals surface area contributed by atoms with Crippen LogP contribution in [0.4, 0.5) is 0 Å². The van der Waals surface area contributed by atoms with E-state index in [9.17, 15) is 10.2 Å². The molecule has 2 nitrogen and oxygen atoms in total. The van der Waals surface area contributed by atoms with Gasteiger partial charge in [0.05, 0.1) is 12.2 Å². The molecule has 4 saturated carbocycles. The Hall–Kier alpha value is -0.340. The normalized spacial score (nSPS) is 54.7. The van der Waals surface area contributed by atoms with Crippen LogP contribution in [-0.4, -0.2) is 22.4 Å². The van der Waals surface area contributed by atoms with Gasteiger partial charge in [-0.2, -0.15) is 0 Å². The Labute approximate surface area is 197 Å². The zero-order valence-corrected chi connectivity index (χ0v) is 22.2. The fraction of sp³-hybridized carbons (Fsp3) is 0.933. The lowest BCUT2D eigenvalue weighted by molar-refractivity contribution is -0.278. The number of aliphatic hydroxyl groups is 2. The standard InChI is InChI=1S/C30H50O2/c1-18(2)19-10-14-27(5)20(19)11-15-29(7)25(27)21(31)16-23-28(6)13-9-12-26(3,4)24(28)22(32)17-30(23,29)8/h18,21-25,31-32H,9-17H2,1-8H3/t21-,22+,23-,24+,25-,27+,28-,29-,30-/m1/s1. The SMILES string of the molecule is CC(C)C1=C2CC[C@]3(C)[C@H]([C@H](O)C[C@@H]4[C@@]5(C)CCCC(C)(C)[C@@H]5[C@@H](O)C[C@]43C)[C@@]2(C)CC1. The summed E-state index contributed by atoms with van der Waals surface area (Å²) in [7, 11) is 0. The van der Waals surface area contributed by atoms with E-state index in [2.05, 4.69) is 55.4 Å². The Balaban J connectivity index is 1.62. The Morgan fingerprint density at radius 2 is 1.47 bits per heavy atom. The van der Waals surface area contributed by atoms with Gasteiger partial charge in [-0.15, -0.1) is 0 Å². The molecule has 0 spiro atoms. The van der Waals surface area contributed by atoms with Gasteiger partial charge in [-0.25, -0.2) is 0 Å². The molecule has 0 aromatic carbocycles. The molecular weight excluding hydrogens is 392 g/mol. The van der Waals surface area contributed by atoms with Crippen molar-refractivity contribution in [3.63, 3.8) is 0 Å². The minimum Gasteiger partial charge on any atom is -0.393 e. The predicted molar refractivity (Wildman–Crippen MR) is 132 cm³/mol. The van der Waals surface area contributed by atoms with Gasteiger partial charge < -0.3 is 10.2 Å². The van der Waals surface area contributed by atoms with Crippen molar-refractivity contribution in [1.82, 2.24) is 0 Å². The smallest absolute Gasteiger partial charge is 0.0585 e. The molecule has 32 heavy (non-hydrogen) atoms. The Bertz CT molecular complexity index is 825. The summed E-state index contributed by atoms with van der Waals surface area (Å²) < 4.78 is 0. The second kappa shape index (κ2) is 6.87. The highest BCUT2D eigenvalue weighted by molar-refractivity contribution is 5.36. The number of aliphatic hydroxyl groups excluding tert-OH is 2. The fourth-order valence-electron chi connectivity index (χ4n) is 11.7. The average molecular weight is 443 g/mol. The van der Waals surface area contributed by atoms with Crippen LogP contribution in [0.5, 0.6) is 0 Å². The molecule has 2 N–H and O–H groups in total. The molecule has 5 rings (SSSR count). The van der Waals surface area contributed by atoms with Crippen molar-refractivity contribution in [2.24, 2.45) is 50.7 Å². The van der Waals surface area contributed by atoms with Crippen molar-refractivity contribution in [3.05, 3.63) is 11.1 Å². The van der Waals surface area contributed by atoms with Gasteiger partial charge in [0.25, 0.3) is 0 Å². The number of fused-ring (bicyclic) bond motifs is 7. The van der Waals surface area contributed by atoms with E-state index in [0.29, 0.717) is 23.7 Å². The highest BCUT2D eigenvalue weighted by atomic mass is 16.3. The minimum absolute atomic E-state index is 0.0799. The third-order valence-electron chi connectivity index (χ3n) is 12.8.